The lowest BCUT2D eigenvalue weighted by Gasteiger charge is -2.35. The zero-order chi connectivity index (χ0) is 21.3. The second-order valence-electron chi connectivity index (χ2n) is 6.59. The molecule has 1 aliphatic rings. The first-order chi connectivity index (χ1) is 13.6. The van der Waals surface area contributed by atoms with Crippen molar-refractivity contribution in [1.29, 1.82) is 0 Å². The Morgan fingerprint density at radius 2 is 1.66 bits per heavy atom. The molecule has 1 saturated heterocycles. The molecule has 1 aromatic carbocycles. The lowest BCUT2D eigenvalue weighted by Crippen LogP contribution is -2.50. The number of nitrogens with one attached hydrogen (secondary N) is 1. The van der Waals surface area contributed by atoms with E-state index in [0.29, 0.717) is 0 Å². The molecule has 2 amide bonds. The largest absolute Gasteiger partial charge is 0.345 e. The quantitative estimate of drug-likeness (QED) is 0.773. The van der Waals surface area contributed by atoms with E-state index in [9.17, 15) is 22.4 Å². The molecule has 29 heavy (non-hydrogen) atoms. The van der Waals surface area contributed by atoms with Crippen LogP contribution in [0.1, 0.15) is 20.8 Å². The molecule has 0 atom stereocenters. The third-order valence-electron chi connectivity index (χ3n) is 4.79. The summed E-state index contributed by atoms with van der Waals surface area (Å²) in [5.74, 6) is -1.18. The van der Waals surface area contributed by atoms with E-state index < -0.39 is 15.8 Å². The van der Waals surface area contributed by atoms with E-state index in [2.05, 4.69) is 4.72 Å². The summed E-state index contributed by atoms with van der Waals surface area (Å²) < 4.78 is 40.7. The van der Waals surface area contributed by atoms with Gasteiger partial charge >= 0.3 is 0 Å². The van der Waals surface area contributed by atoms with Gasteiger partial charge in [0.15, 0.2) is 0 Å². The van der Waals surface area contributed by atoms with Crippen molar-refractivity contribution in [2.24, 2.45) is 7.05 Å². The molecule has 2 heterocycles. The minimum absolute atomic E-state index is 0.00520. The van der Waals surface area contributed by atoms with Crippen LogP contribution >= 0.6 is 11.6 Å². The molecular formula is C18H20ClFN4O4S. The number of nitrogens with zero attached hydrogens (tertiary/aromatic N) is 3. The number of amides is 2. The third kappa shape index (κ3) is 4.29. The van der Waals surface area contributed by atoms with Crippen LogP contribution in [0.25, 0.3) is 0 Å². The smallest absolute Gasteiger partial charge is 0.270 e. The van der Waals surface area contributed by atoms with Crippen molar-refractivity contribution >= 4 is 33.4 Å². The number of carbonyl (C=O) groups excluding carboxylic acids is 2. The number of hydrogen-bond acceptors (Lipinski definition) is 4. The van der Waals surface area contributed by atoms with E-state index in [-0.39, 0.29) is 59.2 Å². The van der Waals surface area contributed by atoms with Gasteiger partial charge in [-0.1, -0.05) is 11.6 Å². The maximum Gasteiger partial charge on any atom is 0.270 e. The van der Waals surface area contributed by atoms with Crippen LogP contribution < -0.4 is 4.72 Å². The maximum atomic E-state index is 13.2. The van der Waals surface area contributed by atoms with Gasteiger partial charge in [0.2, 0.25) is 10.0 Å². The zero-order valence-electron chi connectivity index (χ0n) is 15.9. The van der Waals surface area contributed by atoms with Crippen LogP contribution in [-0.4, -0.2) is 67.8 Å². The number of sulfonamides is 1. The van der Waals surface area contributed by atoms with Crippen molar-refractivity contribution in [1.82, 2.24) is 19.1 Å². The predicted octanol–water partition coefficient (Wildman–Crippen LogP) is 1.32. The highest BCUT2D eigenvalue weighted by molar-refractivity contribution is 7.89. The summed E-state index contributed by atoms with van der Waals surface area (Å²) in [6.07, 6.45) is 1.37. The van der Waals surface area contributed by atoms with Gasteiger partial charge in [-0.05, 0) is 31.3 Å². The maximum absolute atomic E-state index is 13.2. The van der Waals surface area contributed by atoms with Gasteiger partial charge in [-0.3, -0.25) is 9.59 Å². The molecule has 0 unspecified atom stereocenters. The summed E-state index contributed by atoms with van der Waals surface area (Å²) in [6, 6.07) is 4.92. The molecule has 0 aliphatic carbocycles. The second kappa shape index (κ2) is 8.13. The minimum Gasteiger partial charge on any atom is -0.345 e. The molecule has 0 radical (unpaired) electrons. The van der Waals surface area contributed by atoms with Crippen LogP contribution in [0.5, 0.6) is 0 Å². The van der Waals surface area contributed by atoms with E-state index in [0.717, 1.165) is 6.07 Å². The number of rotatable bonds is 4. The number of piperazine rings is 1. The Morgan fingerprint density at radius 1 is 1.07 bits per heavy atom. The average molecular weight is 443 g/mol. The van der Waals surface area contributed by atoms with Crippen molar-refractivity contribution in [3.63, 3.8) is 0 Å². The fourth-order valence-electron chi connectivity index (χ4n) is 3.12. The highest BCUT2D eigenvalue weighted by Crippen LogP contribution is 2.21. The molecule has 3 rings (SSSR count). The average Bonchev–Trinajstić information content (AvgIpc) is 3.09. The lowest BCUT2D eigenvalue weighted by atomic mass is 10.1. The van der Waals surface area contributed by atoms with Gasteiger partial charge in [0.05, 0.1) is 10.6 Å². The summed E-state index contributed by atoms with van der Waals surface area (Å²) in [7, 11) is -0.761. The molecule has 1 N–H and O–H groups in total. The Kier molecular flexibility index (Phi) is 5.97. The summed E-state index contributed by atoms with van der Waals surface area (Å²) in [5.41, 5.74) is 0.442. The normalized spacial score (nSPS) is 14.9. The van der Waals surface area contributed by atoms with Crippen molar-refractivity contribution in [3.05, 3.63) is 52.6 Å². The van der Waals surface area contributed by atoms with Crippen LogP contribution in [0.2, 0.25) is 5.02 Å². The molecule has 0 spiro atoms. The topological polar surface area (TPSA) is 91.7 Å². The fraction of sp³-hybridized carbons (Fsp3) is 0.333. The molecule has 8 nitrogen and oxygen atoms in total. The lowest BCUT2D eigenvalue weighted by molar-refractivity contribution is 0.0530. The molecule has 1 aromatic heterocycles. The Bertz CT molecular complexity index is 1060. The van der Waals surface area contributed by atoms with Crippen LogP contribution in [-0.2, 0) is 17.1 Å². The van der Waals surface area contributed by atoms with Gasteiger partial charge in [-0.2, -0.15) is 0 Å². The van der Waals surface area contributed by atoms with Gasteiger partial charge in [0, 0.05) is 39.4 Å². The van der Waals surface area contributed by atoms with Gasteiger partial charge in [-0.15, -0.1) is 0 Å². The van der Waals surface area contributed by atoms with Crippen molar-refractivity contribution < 1.29 is 22.4 Å². The van der Waals surface area contributed by atoms with E-state index >= 15 is 0 Å². The van der Waals surface area contributed by atoms with E-state index in [1.54, 1.807) is 16.8 Å². The molecule has 156 valence electrons. The van der Waals surface area contributed by atoms with Crippen molar-refractivity contribution in [2.45, 2.75) is 4.90 Å². The molecule has 1 aliphatic heterocycles. The Morgan fingerprint density at radius 3 is 2.21 bits per heavy atom. The number of halogens is 2. The minimum atomic E-state index is -3.66. The van der Waals surface area contributed by atoms with Gasteiger partial charge in [0.25, 0.3) is 11.8 Å². The Hall–Kier alpha value is -2.43. The Labute approximate surface area is 172 Å². The molecule has 1 fully saturated rings. The van der Waals surface area contributed by atoms with Crippen LogP contribution in [0.15, 0.2) is 35.4 Å². The predicted molar refractivity (Wildman–Crippen MR) is 105 cm³/mol. The number of benzene rings is 1. The first-order valence-electron chi connectivity index (χ1n) is 8.77. The van der Waals surface area contributed by atoms with Crippen LogP contribution in [0, 0.1) is 5.82 Å². The Balaban J connectivity index is 1.69. The van der Waals surface area contributed by atoms with Crippen LogP contribution in [0.4, 0.5) is 4.39 Å². The highest BCUT2D eigenvalue weighted by Gasteiger charge is 2.28. The molecule has 0 saturated carbocycles. The van der Waals surface area contributed by atoms with Gasteiger partial charge < -0.3 is 14.4 Å². The zero-order valence-corrected chi connectivity index (χ0v) is 17.4. The molecule has 11 heteroatoms. The number of aryl methyl sites for hydroxylation is 1. The summed E-state index contributed by atoms with van der Waals surface area (Å²) in [5, 5.41) is 0.0376. The number of carbonyl (C=O) groups is 2. The second-order valence-corrected chi connectivity index (χ2v) is 8.88. The van der Waals surface area contributed by atoms with E-state index in [1.807, 2.05) is 0 Å². The molecular weight excluding hydrogens is 423 g/mol. The van der Waals surface area contributed by atoms with Crippen LogP contribution in [0.3, 0.4) is 0 Å². The first-order valence-corrected chi connectivity index (χ1v) is 10.6. The third-order valence-corrected chi connectivity index (χ3v) is 6.49. The molecule has 0 bridgehead atoms. The standard InChI is InChI=1S/C18H20ClFN4O4S/c1-21-29(27,28)13-10-16(22(2)11-13)18(26)24-7-5-23(6-8-24)17(25)14-4-3-12(20)9-15(14)19/h3-4,9-11,21H,5-8H2,1-2H3. The van der Waals surface area contributed by atoms with Gasteiger partial charge in [0.1, 0.15) is 16.4 Å². The summed E-state index contributed by atoms with van der Waals surface area (Å²) in [6.45, 7) is 1.13. The van der Waals surface area contributed by atoms with Gasteiger partial charge in [-0.25, -0.2) is 17.5 Å². The number of hydrogen-bond donors (Lipinski definition) is 1. The number of aromatic nitrogens is 1. The monoisotopic (exact) mass is 442 g/mol. The summed E-state index contributed by atoms with van der Waals surface area (Å²) >= 11 is 5.96. The highest BCUT2D eigenvalue weighted by atomic mass is 35.5. The fourth-order valence-corrected chi connectivity index (χ4v) is 4.17. The first kappa shape index (κ1) is 21.3. The molecule has 2 aromatic rings. The van der Waals surface area contributed by atoms with E-state index in [4.69, 9.17) is 11.6 Å². The SMILES string of the molecule is CNS(=O)(=O)c1cc(C(=O)N2CCN(C(=O)c3ccc(F)cc3Cl)CC2)n(C)c1. The van der Waals surface area contributed by atoms with Crippen molar-refractivity contribution in [3.8, 4) is 0 Å². The van der Waals surface area contributed by atoms with E-state index in [1.165, 1.54) is 36.0 Å². The van der Waals surface area contributed by atoms with Crippen molar-refractivity contribution in [2.75, 3.05) is 33.2 Å². The summed E-state index contributed by atoms with van der Waals surface area (Å²) in [4.78, 5) is 28.5.